The fraction of sp³-hybridized carbons (Fsp3) is 0.444. The highest BCUT2D eigenvalue weighted by atomic mass is 16.6. The molecule has 0 unspecified atom stereocenters. The number of hydrogen-bond acceptors (Lipinski definition) is 5. The van der Waals surface area contributed by atoms with Gasteiger partial charge in [-0.1, -0.05) is 0 Å². The Morgan fingerprint density at radius 1 is 1.60 bits per heavy atom. The van der Waals surface area contributed by atoms with Crippen molar-refractivity contribution in [3.8, 4) is 0 Å². The molecule has 2 N–H and O–H groups in total. The lowest BCUT2D eigenvalue weighted by Gasteiger charge is -2.04. The molecule has 0 spiro atoms. The van der Waals surface area contributed by atoms with E-state index in [1.54, 1.807) is 13.0 Å². The molecular formula is C9H13N3O3. The Balaban J connectivity index is 2.69. The zero-order valence-electron chi connectivity index (χ0n) is 8.43. The van der Waals surface area contributed by atoms with E-state index in [4.69, 9.17) is 5.11 Å². The van der Waals surface area contributed by atoms with Crippen LogP contribution in [0.3, 0.4) is 0 Å². The Kier molecular flexibility index (Phi) is 3.99. The van der Waals surface area contributed by atoms with E-state index < -0.39 is 4.92 Å². The average molecular weight is 211 g/mol. The summed E-state index contributed by atoms with van der Waals surface area (Å²) in [4.78, 5) is 14.1. The quantitative estimate of drug-likeness (QED) is 0.432. The van der Waals surface area contributed by atoms with Crippen molar-refractivity contribution in [3.05, 3.63) is 27.9 Å². The van der Waals surface area contributed by atoms with E-state index in [9.17, 15) is 10.1 Å². The highest BCUT2D eigenvalue weighted by Gasteiger charge is 2.11. The van der Waals surface area contributed by atoms with Gasteiger partial charge < -0.3 is 10.4 Å². The predicted octanol–water partition coefficient (Wildman–Crippen LogP) is 1.09. The first-order valence-corrected chi connectivity index (χ1v) is 4.62. The summed E-state index contributed by atoms with van der Waals surface area (Å²) < 4.78 is 0. The van der Waals surface area contributed by atoms with Gasteiger partial charge in [0.2, 0.25) is 0 Å². The predicted molar refractivity (Wildman–Crippen MR) is 55.8 cm³/mol. The molecule has 1 heterocycles. The highest BCUT2D eigenvalue weighted by molar-refractivity contribution is 5.44. The van der Waals surface area contributed by atoms with E-state index in [0.29, 0.717) is 24.5 Å². The Bertz CT molecular complexity index is 354. The molecule has 0 aliphatic rings. The summed E-state index contributed by atoms with van der Waals surface area (Å²) in [5.74, 6) is 0.589. The molecule has 6 heteroatoms. The normalized spacial score (nSPS) is 10.0. The summed E-state index contributed by atoms with van der Waals surface area (Å²) >= 11 is 0. The molecule has 1 rings (SSSR count). The number of nitrogens with zero attached hydrogens (tertiary/aromatic N) is 2. The number of anilines is 1. The van der Waals surface area contributed by atoms with Gasteiger partial charge in [-0.25, -0.2) is 4.98 Å². The van der Waals surface area contributed by atoms with E-state index in [0.717, 1.165) is 0 Å². The minimum atomic E-state index is -0.458. The van der Waals surface area contributed by atoms with Crippen LogP contribution in [0.25, 0.3) is 0 Å². The van der Waals surface area contributed by atoms with Crippen molar-refractivity contribution >= 4 is 11.5 Å². The number of hydrogen-bond donors (Lipinski definition) is 2. The van der Waals surface area contributed by atoms with Gasteiger partial charge >= 0.3 is 0 Å². The fourth-order valence-corrected chi connectivity index (χ4v) is 1.14. The molecule has 0 aromatic carbocycles. The van der Waals surface area contributed by atoms with Crippen LogP contribution >= 0.6 is 0 Å². The Morgan fingerprint density at radius 2 is 2.33 bits per heavy atom. The zero-order chi connectivity index (χ0) is 11.3. The van der Waals surface area contributed by atoms with Gasteiger partial charge in [0.15, 0.2) is 0 Å². The van der Waals surface area contributed by atoms with Crippen molar-refractivity contribution in [1.82, 2.24) is 4.98 Å². The van der Waals surface area contributed by atoms with Gasteiger partial charge in [0.1, 0.15) is 11.5 Å². The molecule has 0 radical (unpaired) electrons. The lowest BCUT2D eigenvalue weighted by Crippen LogP contribution is -2.06. The van der Waals surface area contributed by atoms with Gasteiger partial charge in [-0.15, -0.1) is 0 Å². The lowest BCUT2D eigenvalue weighted by atomic mass is 10.3. The summed E-state index contributed by atoms with van der Waals surface area (Å²) in [5, 5.41) is 22.0. The van der Waals surface area contributed by atoms with E-state index in [1.165, 1.54) is 6.07 Å². The Hall–Kier alpha value is -1.69. The number of aromatic nitrogens is 1. The standard InChI is InChI=1S/C9H13N3O3/c1-7-8(12(14)15)3-4-9(11-7)10-5-2-6-13/h3-4,13H,2,5-6H2,1H3,(H,10,11). The fourth-order valence-electron chi connectivity index (χ4n) is 1.14. The second-order valence-electron chi connectivity index (χ2n) is 3.06. The van der Waals surface area contributed by atoms with Crippen LogP contribution in [0.5, 0.6) is 0 Å². The van der Waals surface area contributed by atoms with Crippen LogP contribution in [-0.4, -0.2) is 28.2 Å². The summed E-state index contributed by atoms with van der Waals surface area (Å²) in [7, 11) is 0. The van der Waals surface area contributed by atoms with Crippen LogP contribution in [0.4, 0.5) is 11.5 Å². The molecule has 1 aromatic heterocycles. The van der Waals surface area contributed by atoms with E-state index in [1.807, 2.05) is 0 Å². The topological polar surface area (TPSA) is 88.3 Å². The summed E-state index contributed by atoms with van der Waals surface area (Å²) in [6.07, 6.45) is 0.623. The smallest absolute Gasteiger partial charge is 0.290 e. The molecule has 0 aliphatic carbocycles. The van der Waals surface area contributed by atoms with E-state index in [-0.39, 0.29) is 12.3 Å². The van der Waals surface area contributed by atoms with Crippen molar-refractivity contribution in [2.45, 2.75) is 13.3 Å². The van der Waals surface area contributed by atoms with Crippen molar-refractivity contribution in [1.29, 1.82) is 0 Å². The molecule has 1 aromatic rings. The van der Waals surface area contributed by atoms with Crippen LogP contribution in [0.1, 0.15) is 12.1 Å². The van der Waals surface area contributed by atoms with Crippen molar-refractivity contribution in [2.75, 3.05) is 18.5 Å². The first-order valence-electron chi connectivity index (χ1n) is 4.62. The third kappa shape index (κ3) is 3.17. The van der Waals surface area contributed by atoms with Gasteiger partial charge in [-0.3, -0.25) is 10.1 Å². The van der Waals surface area contributed by atoms with Gasteiger partial charge in [0.25, 0.3) is 5.69 Å². The number of aryl methyl sites for hydroxylation is 1. The SMILES string of the molecule is Cc1nc(NCCCO)ccc1[N+](=O)[O-]. The summed E-state index contributed by atoms with van der Waals surface area (Å²) in [5.41, 5.74) is 0.400. The molecular weight excluding hydrogens is 198 g/mol. The number of nitro groups is 1. The number of rotatable bonds is 5. The van der Waals surface area contributed by atoms with Gasteiger partial charge in [0, 0.05) is 19.2 Å². The van der Waals surface area contributed by atoms with Crippen molar-refractivity contribution in [2.24, 2.45) is 0 Å². The summed E-state index contributed by atoms with van der Waals surface area (Å²) in [6.45, 7) is 2.30. The third-order valence-corrected chi connectivity index (χ3v) is 1.90. The average Bonchev–Trinajstić information content (AvgIpc) is 2.17. The Morgan fingerprint density at radius 3 is 2.87 bits per heavy atom. The van der Waals surface area contributed by atoms with E-state index >= 15 is 0 Å². The van der Waals surface area contributed by atoms with Crippen LogP contribution in [0, 0.1) is 17.0 Å². The van der Waals surface area contributed by atoms with E-state index in [2.05, 4.69) is 10.3 Å². The lowest BCUT2D eigenvalue weighted by molar-refractivity contribution is -0.385. The number of aliphatic hydroxyl groups is 1. The highest BCUT2D eigenvalue weighted by Crippen LogP contribution is 2.17. The molecule has 6 nitrogen and oxygen atoms in total. The molecule has 0 saturated heterocycles. The monoisotopic (exact) mass is 211 g/mol. The van der Waals surface area contributed by atoms with Gasteiger partial charge in [0.05, 0.1) is 4.92 Å². The van der Waals surface area contributed by atoms with Gasteiger partial charge in [-0.2, -0.15) is 0 Å². The number of pyridine rings is 1. The van der Waals surface area contributed by atoms with Crippen LogP contribution in [0.15, 0.2) is 12.1 Å². The first kappa shape index (κ1) is 11.4. The molecule has 82 valence electrons. The largest absolute Gasteiger partial charge is 0.396 e. The molecule has 0 aliphatic heterocycles. The van der Waals surface area contributed by atoms with Crippen LogP contribution in [-0.2, 0) is 0 Å². The minimum absolute atomic E-state index is 0.0164. The zero-order valence-corrected chi connectivity index (χ0v) is 8.43. The number of aliphatic hydroxyl groups excluding tert-OH is 1. The maximum atomic E-state index is 10.5. The second kappa shape index (κ2) is 5.26. The van der Waals surface area contributed by atoms with Gasteiger partial charge in [-0.05, 0) is 19.4 Å². The first-order chi connectivity index (χ1) is 7.15. The number of nitrogens with one attached hydrogen (secondary N) is 1. The van der Waals surface area contributed by atoms with Crippen LogP contribution < -0.4 is 5.32 Å². The Labute approximate surface area is 87.1 Å². The second-order valence-corrected chi connectivity index (χ2v) is 3.06. The third-order valence-electron chi connectivity index (χ3n) is 1.90. The minimum Gasteiger partial charge on any atom is -0.396 e. The van der Waals surface area contributed by atoms with Crippen LogP contribution in [0.2, 0.25) is 0 Å². The summed E-state index contributed by atoms with van der Waals surface area (Å²) in [6, 6.07) is 2.98. The maximum absolute atomic E-state index is 10.5. The van der Waals surface area contributed by atoms with Crippen molar-refractivity contribution < 1.29 is 10.0 Å². The molecule has 15 heavy (non-hydrogen) atoms. The molecule has 0 fully saturated rings. The molecule has 0 bridgehead atoms. The molecule has 0 atom stereocenters. The maximum Gasteiger partial charge on any atom is 0.290 e. The molecule has 0 saturated carbocycles. The molecule has 0 amide bonds. The van der Waals surface area contributed by atoms with Crippen molar-refractivity contribution in [3.63, 3.8) is 0 Å².